The van der Waals surface area contributed by atoms with E-state index in [0.29, 0.717) is 12.5 Å². The van der Waals surface area contributed by atoms with Gasteiger partial charge in [-0.1, -0.05) is 6.92 Å². The van der Waals surface area contributed by atoms with Gasteiger partial charge in [0, 0.05) is 12.6 Å². The molecule has 0 bridgehead atoms. The molecule has 0 radical (unpaired) electrons. The van der Waals surface area contributed by atoms with Crippen molar-refractivity contribution in [1.29, 1.82) is 0 Å². The molecule has 1 aromatic rings. The first-order valence-electron chi connectivity index (χ1n) is 6.04. The molecule has 2 N–H and O–H groups in total. The standard InChI is InChI=1S/C13H16F2N2O/c1-8-4-5-16-7-12(8)17-13(18)10-6-9(14)2-3-11(10)15/h2-3,6,8,12,16H,4-5,7H2,1H3,(H,17,18)/t8-,12+/m1/s1. The maximum atomic E-state index is 13.4. The number of halogens is 2. The molecule has 2 rings (SSSR count). The number of hydrogen-bond donors (Lipinski definition) is 2. The van der Waals surface area contributed by atoms with E-state index >= 15 is 0 Å². The van der Waals surface area contributed by atoms with Crippen LogP contribution in [0.2, 0.25) is 0 Å². The molecule has 1 aromatic carbocycles. The number of carbonyl (C=O) groups is 1. The predicted molar refractivity (Wildman–Crippen MR) is 64.3 cm³/mol. The van der Waals surface area contributed by atoms with E-state index < -0.39 is 17.5 Å². The largest absolute Gasteiger partial charge is 0.348 e. The van der Waals surface area contributed by atoms with Crippen molar-refractivity contribution in [1.82, 2.24) is 10.6 Å². The molecule has 0 aromatic heterocycles. The van der Waals surface area contributed by atoms with Crippen LogP contribution < -0.4 is 10.6 Å². The van der Waals surface area contributed by atoms with E-state index in [1.54, 1.807) is 0 Å². The Morgan fingerprint density at radius 1 is 1.44 bits per heavy atom. The van der Waals surface area contributed by atoms with E-state index in [-0.39, 0.29) is 11.6 Å². The third-order valence-electron chi connectivity index (χ3n) is 3.32. The summed E-state index contributed by atoms with van der Waals surface area (Å²) in [5.41, 5.74) is -0.243. The van der Waals surface area contributed by atoms with Crippen molar-refractivity contribution in [3.63, 3.8) is 0 Å². The van der Waals surface area contributed by atoms with Crippen LogP contribution in [0.4, 0.5) is 8.78 Å². The van der Waals surface area contributed by atoms with Gasteiger partial charge in [-0.2, -0.15) is 0 Å². The molecule has 0 aliphatic carbocycles. The van der Waals surface area contributed by atoms with Crippen LogP contribution in [0.1, 0.15) is 23.7 Å². The molecule has 1 amide bonds. The van der Waals surface area contributed by atoms with Crippen LogP contribution in [0, 0.1) is 17.6 Å². The van der Waals surface area contributed by atoms with Gasteiger partial charge >= 0.3 is 0 Å². The molecule has 98 valence electrons. The first-order chi connectivity index (χ1) is 8.58. The monoisotopic (exact) mass is 254 g/mol. The second kappa shape index (κ2) is 5.44. The topological polar surface area (TPSA) is 41.1 Å². The van der Waals surface area contributed by atoms with Crippen molar-refractivity contribution in [2.45, 2.75) is 19.4 Å². The summed E-state index contributed by atoms with van der Waals surface area (Å²) >= 11 is 0. The van der Waals surface area contributed by atoms with Crippen LogP contribution in [0.25, 0.3) is 0 Å². The third kappa shape index (κ3) is 2.85. The van der Waals surface area contributed by atoms with E-state index in [0.717, 1.165) is 31.2 Å². The van der Waals surface area contributed by atoms with Crippen LogP contribution >= 0.6 is 0 Å². The van der Waals surface area contributed by atoms with Gasteiger partial charge in [0.1, 0.15) is 11.6 Å². The summed E-state index contributed by atoms with van der Waals surface area (Å²) < 4.78 is 26.4. The van der Waals surface area contributed by atoms with Crippen molar-refractivity contribution in [2.75, 3.05) is 13.1 Å². The lowest BCUT2D eigenvalue weighted by atomic mass is 9.94. The summed E-state index contributed by atoms with van der Waals surface area (Å²) in [6.07, 6.45) is 0.955. The summed E-state index contributed by atoms with van der Waals surface area (Å²) in [6.45, 7) is 3.61. The van der Waals surface area contributed by atoms with Gasteiger partial charge in [0.15, 0.2) is 0 Å². The van der Waals surface area contributed by atoms with Gasteiger partial charge in [0.05, 0.1) is 5.56 Å². The molecule has 1 fully saturated rings. The zero-order chi connectivity index (χ0) is 13.1. The van der Waals surface area contributed by atoms with E-state index in [2.05, 4.69) is 10.6 Å². The summed E-state index contributed by atoms with van der Waals surface area (Å²) in [5, 5.41) is 5.91. The fourth-order valence-corrected chi connectivity index (χ4v) is 2.10. The van der Waals surface area contributed by atoms with Crippen LogP contribution in [-0.4, -0.2) is 25.0 Å². The smallest absolute Gasteiger partial charge is 0.254 e. The summed E-state index contributed by atoms with van der Waals surface area (Å²) in [5.74, 6) is -1.55. The molecule has 0 spiro atoms. The molecule has 18 heavy (non-hydrogen) atoms. The summed E-state index contributed by atoms with van der Waals surface area (Å²) in [6, 6.07) is 2.84. The second-order valence-electron chi connectivity index (χ2n) is 4.67. The average Bonchev–Trinajstić information content (AvgIpc) is 2.35. The Kier molecular flexibility index (Phi) is 3.91. The zero-order valence-corrected chi connectivity index (χ0v) is 10.2. The van der Waals surface area contributed by atoms with Crippen LogP contribution in [0.3, 0.4) is 0 Å². The van der Waals surface area contributed by atoms with Gasteiger partial charge in [-0.15, -0.1) is 0 Å². The Bertz CT molecular complexity index is 451. The average molecular weight is 254 g/mol. The molecule has 2 atom stereocenters. The van der Waals surface area contributed by atoms with Crippen molar-refractivity contribution < 1.29 is 13.6 Å². The van der Waals surface area contributed by atoms with Crippen LogP contribution in [0.15, 0.2) is 18.2 Å². The Morgan fingerprint density at radius 2 is 2.22 bits per heavy atom. The SMILES string of the molecule is C[C@@H]1CCNC[C@@H]1NC(=O)c1cc(F)ccc1F. The predicted octanol–water partition coefficient (Wildman–Crippen LogP) is 1.69. The van der Waals surface area contributed by atoms with Gasteiger partial charge in [-0.25, -0.2) is 8.78 Å². The first-order valence-corrected chi connectivity index (χ1v) is 6.04. The van der Waals surface area contributed by atoms with Gasteiger partial charge < -0.3 is 10.6 Å². The van der Waals surface area contributed by atoms with Crippen molar-refractivity contribution >= 4 is 5.91 Å². The summed E-state index contributed by atoms with van der Waals surface area (Å²) in [7, 11) is 0. The van der Waals surface area contributed by atoms with E-state index in [4.69, 9.17) is 0 Å². The van der Waals surface area contributed by atoms with E-state index in [1.165, 1.54) is 0 Å². The lowest BCUT2D eigenvalue weighted by Crippen LogP contribution is -2.50. The number of benzene rings is 1. The van der Waals surface area contributed by atoms with Gasteiger partial charge in [-0.05, 0) is 37.1 Å². The van der Waals surface area contributed by atoms with E-state index in [9.17, 15) is 13.6 Å². The number of nitrogens with one attached hydrogen (secondary N) is 2. The minimum atomic E-state index is -0.703. The molecule has 1 aliphatic rings. The van der Waals surface area contributed by atoms with Gasteiger partial charge in [0.2, 0.25) is 0 Å². The summed E-state index contributed by atoms with van der Waals surface area (Å²) in [4.78, 5) is 11.9. The lowest BCUT2D eigenvalue weighted by molar-refractivity contribution is 0.0910. The molecule has 0 saturated carbocycles. The van der Waals surface area contributed by atoms with E-state index in [1.807, 2.05) is 6.92 Å². The highest BCUT2D eigenvalue weighted by Gasteiger charge is 2.24. The molecule has 3 nitrogen and oxygen atoms in total. The maximum Gasteiger partial charge on any atom is 0.254 e. The molecule has 5 heteroatoms. The number of amides is 1. The Morgan fingerprint density at radius 3 is 2.94 bits per heavy atom. The first kappa shape index (κ1) is 13.0. The van der Waals surface area contributed by atoms with Gasteiger partial charge in [-0.3, -0.25) is 4.79 Å². The fourth-order valence-electron chi connectivity index (χ4n) is 2.10. The van der Waals surface area contributed by atoms with Crippen LogP contribution in [0.5, 0.6) is 0 Å². The fraction of sp³-hybridized carbons (Fsp3) is 0.462. The lowest BCUT2D eigenvalue weighted by Gasteiger charge is -2.30. The second-order valence-corrected chi connectivity index (χ2v) is 4.67. The molecule has 1 aliphatic heterocycles. The number of rotatable bonds is 2. The van der Waals surface area contributed by atoms with Crippen molar-refractivity contribution in [2.24, 2.45) is 5.92 Å². The Labute approximate surface area is 105 Å². The minimum absolute atomic E-state index is 0.0473. The van der Waals surface area contributed by atoms with Crippen molar-refractivity contribution in [3.05, 3.63) is 35.4 Å². The number of carbonyl (C=O) groups excluding carboxylic acids is 1. The molecule has 0 unspecified atom stereocenters. The molecular weight excluding hydrogens is 238 g/mol. The number of piperidine rings is 1. The highest BCUT2D eigenvalue weighted by atomic mass is 19.1. The molecular formula is C13H16F2N2O. The van der Waals surface area contributed by atoms with Crippen molar-refractivity contribution in [3.8, 4) is 0 Å². The maximum absolute atomic E-state index is 13.4. The Hall–Kier alpha value is -1.49. The third-order valence-corrected chi connectivity index (χ3v) is 3.32. The molecule has 1 heterocycles. The Balaban J connectivity index is 2.09. The zero-order valence-electron chi connectivity index (χ0n) is 10.2. The van der Waals surface area contributed by atoms with Crippen LogP contribution in [-0.2, 0) is 0 Å². The molecule has 1 saturated heterocycles. The minimum Gasteiger partial charge on any atom is -0.348 e. The van der Waals surface area contributed by atoms with Gasteiger partial charge in [0.25, 0.3) is 5.91 Å². The normalized spacial score (nSPS) is 23.7. The highest BCUT2D eigenvalue weighted by Crippen LogP contribution is 2.14. The number of hydrogen-bond acceptors (Lipinski definition) is 2. The quantitative estimate of drug-likeness (QED) is 0.843. The highest BCUT2D eigenvalue weighted by molar-refractivity contribution is 5.94.